The van der Waals surface area contributed by atoms with E-state index >= 15 is 0 Å². The van der Waals surface area contributed by atoms with E-state index in [1.54, 1.807) is 19.2 Å². The molecule has 1 heterocycles. The van der Waals surface area contributed by atoms with E-state index < -0.39 is 0 Å². The summed E-state index contributed by atoms with van der Waals surface area (Å²) in [5, 5.41) is 12.6. The highest BCUT2D eigenvalue weighted by atomic mass is 35.5. The van der Waals surface area contributed by atoms with Gasteiger partial charge in [0, 0.05) is 7.05 Å². The Kier molecular flexibility index (Phi) is 4.29. The van der Waals surface area contributed by atoms with Crippen molar-refractivity contribution in [3.63, 3.8) is 0 Å². The van der Waals surface area contributed by atoms with Gasteiger partial charge >= 0.3 is 0 Å². The molecule has 0 unspecified atom stereocenters. The number of anilines is 1. The number of benzene rings is 1. The molecule has 2 N–H and O–H groups in total. The van der Waals surface area contributed by atoms with Crippen LogP contribution in [0.4, 0.5) is 5.95 Å². The first-order chi connectivity index (χ1) is 8.67. The predicted octanol–water partition coefficient (Wildman–Crippen LogP) is 2.35. The van der Waals surface area contributed by atoms with E-state index in [0.29, 0.717) is 16.0 Å². The van der Waals surface area contributed by atoms with Gasteiger partial charge in [-0.15, -0.1) is 0 Å². The second-order valence-corrected chi connectivity index (χ2v) is 4.44. The number of aliphatic hydroxyl groups excluding tert-OH is 1. The molecule has 2 rings (SSSR count). The van der Waals surface area contributed by atoms with Gasteiger partial charge < -0.3 is 15.2 Å². The summed E-state index contributed by atoms with van der Waals surface area (Å²) >= 11 is 12.0. The van der Waals surface area contributed by atoms with Crippen LogP contribution in [0.5, 0.6) is 0 Å². The number of aliphatic hydroxyl groups is 1. The van der Waals surface area contributed by atoms with Crippen LogP contribution in [-0.4, -0.2) is 34.9 Å². The molecular weight excluding hydrogens is 277 g/mol. The number of nitrogens with one attached hydrogen (secondary N) is 1. The number of rotatable bonds is 5. The molecule has 0 atom stereocenters. The third-order valence-electron chi connectivity index (χ3n) is 2.47. The molecule has 0 amide bonds. The zero-order valence-electron chi connectivity index (χ0n) is 9.78. The second-order valence-electron chi connectivity index (χ2n) is 3.63. The van der Waals surface area contributed by atoms with Crippen LogP contribution in [0.3, 0.4) is 0 Å². The zero-order chi connectivity index (χ0) is 13.1. The van der Waals surface area contributed by atoms with Crippen molar-refractivity contribution in [2.75, 3.05) is 25.6 Å². The second kappa shape index (κ2) is 5.75. The molecule has 0 saturated heterocycles. The highest BCUT2D eigenvalue weighted by Crippen LogP contribution is 2.29. The number of hydrogen-bond acceptors (Lipinski definition) is 4. The van der Waals surface area contributed by atoms with Gasteiger partial charge in [0.25, 0.3) is 0 Å². The Bertz CT molecular complexity index is 557. The Hall–Kier alpha value is -1.01. The molecule has 18 heavy (non-hydrogen) atoms. The van der Waals surface area contributed by atoms with E-state index in [4.69, 9.17) is 33.0 Å². The van der Waals surface area contributed by atoms with E-state index in [2.05, 4.69) is 10.3 Å². The quantitative estimate of drug-likeness (QED) is 0.830. The van der Waals surface area contributed by atoms with Crippen LogP contribution in [0.25, 0.3) is 11.0 Å². The first-order valence-electron chi connectivity index (χ1n) is 5.39. The topological polar surface area (TPSA) is 59.3 Å². The van der Waals surface area contributed by atoms with Crippen molar-refractivity contribution in [3.05, 3.63) is 22.2 Å². The molecule has 0 bridgehead atoms. The first kappa shape index (κ1) is 13.4. The average Bonchev–Trinajstić information content (AvgIpc) is 2.68. The molecule has 5 nitrogen and oxygen atoms in total. The molecule has 0 aliphatic carbocycles. The molecule has 98 valence electrons. The number of hydrogen-bond donors (Lipinski definition) is 2. The van der Waals surface area contributed by atoms with Gasteiger partial charge in [-0.3, -0.25) is 4.57 Å². The number of fused-ring (bicyclic) bond motifs is 1. The van der Waals surface area contributed by atoms with Crippen LogP contribution < -0.4 is 5.32 Å². The smallest absolute Gasteiger partial charge is 0.205 e. The fraction of sp³-hybridized carbons (Fsp3) is 0.364. The molecule has 0 aliphatic rings. The molecule has 7 heteroatoms. The fourth-order valence-electron chi connectivity index (χ4n) is 1.66. The van der Waals surface area contributed by atoms with Crippen molar-refractivity contribution < 1.29 is 9.84 Å². The van der Waals surface area contributed by atoms with Gasteiger partial charge in [0.1, 0.15) is 6.73 Å². The minimum Gasteiger partial charge on any atom is -0.394 e. The first-order valence-corrected chi connectivity index (χ1v) is 6.14. The lowest BCUT2D eigenvalue weighted by Crippen LogP contribution is -2.08. The summed E-state index contributed by atoms with van der Waals surface area (Å²) in [6.07, 6.45) is 0. The van der Waals surface area contributed by atoms with E-state index in [1.165, 1.54) is 0 Å². The van der Waals surface area contributed by atoms with Gasteiger partial charge in [0.15, 0.2) is 0 Å². The maximum absolute atomic E-state index is 8.71. The van der Waals surface area contributed by atoms with Crippen molar-refractivity contribution in [3.8, 4) is 0 Å². The van der Waals surface area contributed by atoms with Crippen molar-refractivity contribution in [1.29, 1.82) is 0 Å². The van der Waals surface area contributed by atoms with Crippen LogP contribution >= 0.6 is 23.2 Å². The van der Waals surface area contributed by atoms with Crippen molar-refractivity contribution >= 4 is 40.2 Å². The minimum absolute atomic E-state index is 0.0197. The van der Waals surface area contributed by atoms with Gasteiger partial charge in [-0.1, -0.05) is 23.2 Å². The number of ether oxygens (including phenoxy) is 1. The lowest BCUT2D eigenvalue weighted by molar-refractivity contribution is 0.0511. The molecule has 1 aromatic carbocycles. The molecule has 2 aromatic rings. The third-order valence-corrected chi connectivity index (χ3v) is 3.19. The number of halogens is 2. The number of imidazole rings is 1. The highest BCUT2D eigenvalue weighted by Gasteiger charge is 2.12. The Balaban J connectivity index is 2.44. The Morgan fingerprint density at radius 1 is 1.39 bits per heavy atom. The predicted molar refractivity (Wildman–Crippen MR) is 72.3 cm³/mol. The van der Waals surface area contributed by atoms with Crippen molar-refractivity contribution in [1.82, 2.24) is 9.55 Å². The van der Waals surface area contributed by atoms with Crippen LogP contribution in [-0.2, 0) is 11.5 Å². The molecule has 0 saturated carbocycles. The number of nitrogens with zero attached hydrogens (tertiary/aromatic N) is 2. The summed E-state index contributed by atoms with van der Waals surface area (Å²) in [7, 11) is 1.77. The van der Waals surface area contributed by atoms with Crippen molar-refractivity contribution in [2.45, 2.75) is 6.73 Å². The SMILES string of the molecule is CNc1nc2cc(Cl)c(Cl)cc2n1COCCO. The van der Waals surface area contributed by atoms with Gasteiger partial charge in [-0.25, -0.2) is 4.98 Å². The highest BCUT2D eigenvalue weighted by molar-refractivity contribution is 6.42. The van der Waals surface area contributed by atoms with Gasteiger partial charge in [-0.2, -0.15) is 0 Å². The Morgan fingerprint density at radius 2 is 2.11 bits per heavy atom. The minimum atomic E-state index is -0.0197. The maximum atomic E-state index is 8.71. The Morgan fingerprint density at radius 3 is 2.78 bits per heavy atom. The van der Waals surface area contributed by atoms with Crippen LogP contribution in [0.15, 0.2) is 12.1 Å². The van der Waals surface area contributed by atoms with E-state index in [0.717, 1.165) is 11.0 Å². The lowest BCUT2D eigenvalue weighted by atomic mass is 10.3. The monoisotopic (exact) mass is 289 g/mol. The van der Waals surface area contributed by atoms with Gasteiger partial charge in [-0.05, 0) is 12.1 Å². The molecule has 0 aliphatic heterocycles. The van der Waals surface area contributed by atoms with Crippen LogP contribution in [0.2, 0.25) is 10.0 Å². The largest absolute Gasteiger partial charge is 0.394 e. The Labute approximate surface area is 114 Å². The maximum Gasteiger partial charge on any atom is 0.205 e. The molecule has 0 fully saturated rings. The standard InChI is InChI=1S/C11H13Cl2N3O2/c1-14-11-15-9-4-7(12)8(13)5-10(9)16(11)6-18-3-2-17/h4-5,17H,2-3,6H2,1H3,(H,14,15). The third kappa shape index (κ3) is 2.54. The normalized spacial score (nSPS) is 11.1. The zero-order valence-corrected chi connectivity index (χ0v) is 11.3. The van der Waals surface area contributed by atoms with Gasteiger partial charge in [0.2, 0.25) is 5.95 Å². The van der Waals surface area contributed by atoms with E-state index in [9.17, 15) is 0 Å². The summed E-state index contributed by atoms with van der Waals surface area (Å²) in [5.41, 5.74) is 1.56. The fourth-order valence-corrected chi connectivity index (χ4v) is 1.98. The summed E-state index contributed by atoms with van der Waals surface area (Å²) in [5.74, 6) is 0.654. The summed E-state index contributed by atoms with van der Waals surface area (Å²) < 4.78 is 7.13. The molecule has 1 aromatic heterocycles. The molecule has 0 spiro atoms. The molecular formula is C11H13Cl2N3O2. The van der Waals surface area contributed by atoms with E-state index in [-0.39, 0.29) is 19.9 Å². The molecule has 0 radical (unpaired) electrons. The lowest BCUT2D eigenvalue weighted by Gasteiger charge is -2.08. The van der Waals surface area contributed by atoms with Crippen LogP contribution in [0.1, 0.15) is 0 Å². The number of aromatic nitrogens is 2. The van der Waals surface area contributed by atoms with Gasteiger partial charge in [0.05, 0.1) is 34.3 Å². The summed E-state index contributed by atoms with van der Waals surface area (Å²) in [4.78, 5) is 4.38. The van der Waals surface area contributed by atoms with Crippen molar-refractivity contribution in [2.24, 2.45) is 0 Å². The summed E-state index contributed by atoms with van der Waals surface area (Å²) in [6.45, 7) is 0.531. The average molecular weight is 290 g/mol. The van der Waals surface area contributed by atoms with Crippen LogP contribution in [0, 0.1) is 0 Å². The van der Waals surface area contributed by atoms with E-state index in [1.807, 2.05) is 4.57 Å². The summed E-state index contributed by atoms with van der Waals surface area (Å²) in [6, 6.07) is 3.46.